The van der Waals surface area contributed by atoms with E-state index in [1.54, 1.807) is 56.3 Å². The molecule has 77 heavy (non-hydrogen) atoms. The summed E-state index contributed by atoms with van der Waals surface area (Å²) in [5, 5.41) is 34.0. The molecular formula is C52H58FN9O14S. The minimum Gasteiger partial charge on any atom is -0.458 e. The van der Waals surface area contributed by atoms with Crippen LogP contribution in [0.15, 0.2) is 65.5 Å². The lowest BCUT2D eigenvalue weighted by Crippen LogP contribution is -2.52. The van der Waals surface area contributed by atoms with Gasteiger partial charge in [0.25, 0.3) is 17.4 Å². The number of halogens is 1. The number of ether oxygens (including phenoxy) is 2. The van der Waals surface area contributed by atoms with Crippen LogP contribution in [0.2, 0.25) is 0 Å². The molecule has 0 saturated carbocycles. The highest BCUT2D eigenvalue weighted by Crippen LogP contribution is 2.41. The van der Waals surface area contributed by atoms with E-state index in [-0.39, 0.29) is 101 Å². The number of amides is 8. The van der Waals surface area contributed by atoms with Crippen molar-refractivity contribution in [3.05, 3.63) is 110 Å². The van der Waals surface area contributed by atoms with E-state index < -0.39 is 95.9 Å². The molecule has 0 saturated heterocycles. The predicted molar refractivity (Wildman–Crippen MR) is 274 cm³/mol. The first-order valence-corrected chi connectivity index (χ1v) is 25.8. The number of nitrogens with zero attached hydrogens (tertiary/aromatic N) is 4. The molecule has 3 aliphatic heterocycles. The molecule has 0 unspecified atom stereocenters. The van der Waals surface area contributed by atoms with Gasteiger partial charge >= 0.3 is 5.97 Å². The summed E-state index contributed by atoms with van der Waals surface area (Å²) in [6.07, 6.45) is 1.94. The van der Waals surface area contributed by atoms with Crippen LogP contribution in [0.5, 0.6) is 0 Å². The molecule has 8 amide bonds. The molecule has 4 aromatic rings. The number of hydrogen-bond donors (Lipinski definition) is 7. The Balaban J connectivity index is 0.855. The Morgan fingerprint density at radius 2 is 1.58 bits per heavy atom. The zero-order chi connectivity index (χ0) is 55.4. The molecule has 2 atom stereocenters. The van der Waals surface area contributed by atoms with Crippen LogP contribution in [0.25, 0.3) is 22.3 Å². The van der Waals surface area contributed by atoms with Crippen molar-refractivity contribution in [3.63, 3.8) is 0 Å². The van der Waals surface area contributed by atoms with Gasteiger partial charge < -0.3 is 55.7 Å². The summed E-state index contributed by atoms with van der Waals surface area (Å²) in [5.74, 6) is -5.66. The van der Waals surface area contributed by atoms with E-state index in [9.17, 15) is 62.5 Å². The molecule has 408 valence electrons. The van der Waals surface area contributed by atoms with Crippen LogP contribution in [0, 0.1) is 12.7 Å². The smallest absolute Gasteiger partial charge is 0.343 e. The van der Waals surface area contributed by atoms with Gasteiger partial charge in [-0.25, -0.2) is 14.2 Å². The maximum Gasteiger partial charge on any atom is 0.343 e. The van der Waals surface area contributed by atoms with Crippen LogP contribution in [-0.4, -0.2) is 154 Å². The minimum absolute atomic E-state index is 0.00888. The molecule has 0 bridgehead atoms. The van der Waals surface area contributed by atoms with Crippen molar-refractivity contribution in [2.45, 2.75) is 70.1 Å². The Morgan fingerprint density at radius 1 is 0.883 bits per heavy atom. The Kier molecular flexibility index (Phi) is 19.0. The Labute approximate surface area is 444 Å². The van der Waals surface area contributed by atoms with Gasteiger partial charge in [-0.3, -0.25) is 48.1 Å². The number of rotatable bonds is 26. The monoisotopic (exact) mass is 1080 g/mol. The highest BCUT2D eigenvalue weighted by Gasteiger charge is 2.45. The number of aliphatic hydroxyl groups is 2. The van der Waals surface area contributed by atoms with Gasteiger partial charge in [0.2, 0.25) is 35.4 Å². The second-order valence-electron chi connectivity index (χ2n) is 18.2. The first-order chi connectivity index (χ1) is 36.9. The van der Waals surface area contributed by atoms with Crippen LogP contribution in [0.1, 0.15) is 59.6 Å². The third-order valence-corrected chi connectivity index (χ3v) is 13.9. The fraction of sp³-hybridized carbons (Fsp3) is 0.404. The molecule has 0 aliphatic carbocycles. The lowest BCUT2D eigenvalue weighted by Gasteiger charge is -2.31. The standard InChI is InChI=1S/C52H58FN9O14S/c1-3-52(74)36-21-40-48-33(26-62(40)50(72)34(36)27-76-51(52)73)35(32-19-30(2)37(53)22-38(32)59-48)28-77-29-57-43(66)24-56-49(71)39(20-31-7-5-4-6-8-31)58-44(67)25-55-42(65)23-54-41(64)12-17-75-18-15-60(14-16-63)45(68)11-13-61-46(69)9-10-47(61)70/h4-10,19,21-22,39,63,74H,3,11-18,20,23-29H2,1-2H3,(H,54,64)(H,55,65)(H,56,71)(H,57,66)(H,58,67)/t39-,52-/m0/s1. The van der Waals surface area contributed by atoms with Crippen molar-refractivity contribution in [1.82, 2.24) is 45.9 Å². The van der Waals surface area contributed by atoms with Crippen LogP contribution in [-0.2, 0) is 83.6 Å². The van der Waals surface area contributed by atoms with Gasteiger partial charge in [0, 0.05) is 79.4 Å². The Hall–Kier alpha value is -7.87. The molecule has 23 nitrogen and oxygen atoms in total. The zero-order valence-electron chi connectivity index (χ0n) is 42.2. The quantitative estimate of drug-likeness (QED) is 0.0158. The second kappa shape index (κ2) is 25.8. The van der Waals surface area contributed by atoms with Crippen molar-refractivity contribution >= 4 is 75.9 Å². The molecule has 0 spiro atoms. The number of nitrogens with one attached hydrogen (secondary N) is 5. The molecule has 0 fully saturated rings. The molecule has 25 heteroatoms. The van der Waals surface area contributed by atoms with E-state index in [2.05, 4.69) is 26.6 Å². The molecule has 5 heterocycles. The first kappa shape index (κ1) is 56.8. The van der Waals surface area contributed by atoms with Gasteiger partial charge in [0.1, 0.15) is 18.5 Å². The summed E-state index contributed by atoms with van der Waals surface area (Å²) in [7, 11) is 0. The topological polar surface area (TPSA) is 314 Å². The molecule has 0 radical (unpaired) electrons. The van der Waals surface area contributed by atoms with E-state index in [1.807, 2.05) is 0 Å². The molecule has 2 aromatic heterocycles. The third-order valence-electron chi connectivity index (χ3n) is 13.1. The molecule has 3 aliphatic rings. The van der Waals surface area contributed by atoms with Crippen molar-refractivity contribution in [1.29, 1.82) is 0 Å². The van der Waals surface area contributed by atoms with Crippen LogP contribution in [0.4, 0.5) is 4.39 Å². The fourth-order valence-corrected chi connectivity index (χ4v) is 9.75. The van der Waals surface area contributed by atoms with Gasteiger partial charge in [-0.15, -0.1) is 11.8 Å². The number of carbonyl (C=O) groups excluding carboxylic acids is 9. The second-order valence-corrected chi connectivity index (χ2v) is 19.2. The summed E-state index contributed by atoms with van der Waals surface area (Å²) >= 11 is 1.30. The number of cyclic esters (lactones) is 1. The lowest BCUT2D eigenvalue weighted by molar-refractivity contribution is -0.172. The largest absolute Gasteiger partial charge is 0.458 e. The highest BCUT2D eigenvalue weighted by atomic mass is 32.2. The molecule has 7 rings (SSSR count). The van der Waals surface area contributed by atoms with Crippen LogP contribution < -0.4 is 32.1 Å². The van der Waals surface area contributed by atoms with Crippen molar-refractivity contribution in [2.24, 2.45) is 0 Å². The van der Waals surface area contributed by atoms with Crippen LogP contribution >= 0.6 is 11.8 Å². The maximum absolute atomic E-state index is 15.0. The number of esters is 1. The predicted octanol–water partition coefficient (Wildman–Crippen LogP) is -0.547. The van der Waals surface area contributed by atoms with Gasteiger partial charge in [0.05, 0.1) is 74.3 Å². The average Bonchev–Trinajstić information content (AvgIpc) is 3.98. The maximum atomic E-state index is 15.0. The fourth-order valence-electron chi connectivity index (χ4n) is 8.85. The average molecular weight is 1080 g/mol. The number of imide groups is 1. The first-order valence-electron chi connectivity index (χ1n) is 24.7. The van der Waals surface area contributed by atoms with E-state index in [1.165, 1.54) is 27.3 Å². The lowest BCUT2D eigenvalue weighted by atomic mass is 9.86. The van der Waals surface area contributed by atoms with Crippen molar-refractivity contribution < 1.29 is 67.2 Å². The summed E-state index contributed by atoms with van der Waals surface area (Å²) in [5.41, 5.74) is 1.36. The van der Waals surface area contributed by atoms with Gasteiger partial charge in [0.15, 0.2) is 5.60 Å². The number of fused-ring (bicyclic) bond motifs is 5. The third kappa shape index (κ3) is 13.8. The SMILES string of the molecule is CC[C@@]1(O)C(=O)OCc2c1cc1n(c2=O)Cc2c-1nc1cc(F)c(C)cc1c2CSCNC(=O)CNC(=O)[C@H](Cc1ccccc1)NC(=O)CNC(=O)CNC(=O)CCOCCN(CCO)C(=O)CCN1C(=O)C=CC1=O. The van der Waals surface area contributed by atoms with Crippen LogP contribution in [0.3, 0.4) is 0 Å². The molecule has 7 N–H and O–H groups in total. The van der Waals surface area contributed by atoms with Gasteiger partial charge in [-0.05, 0) is 42.2 Å². The van der Waals surface area contributed by atoms with E-state index in [0.29, 0.717) is 39.0 Å². The number of aromatic nitrogens is 2. The Bertz CT molecular complexity index is 3060. The molecular weight excluding hydrogens is 1030 g/mol. The number of carbonyl (C=O) groups is 9. The van der Waals surface area contributed by atoms with E-state index in [0.717, 1.165) is 22.6 Å². The highest BCUT2D eigenvalue weighted by molar-refractivity contribution is 7.98. The number of thioether (sulfide) groups is 1. The van der Waals surface area contributed by atoms with Crippen molar-refractivity contribution in [2.75, 3.05) is 65.0 Å². The minimum atomic E-state index is -2.03. The normalized spacial score (nSPS) is 15.5. The number of benzene rings is 2. The number of aryl methyl sites for hydroxylation is 1. The van der Waals surface area contributed by atoms with Crippen molar-refractivity contribution in [3.8, 4) is 11.4 Å². The van der Waals surface area contributed by atoms with E-state index >= 15 is 0 Å². The summed E-state index contributed by atoms with van der Waals surface area (Å²) in [4.78, 5) is 134. The summed E-state index contributed by atoms with van der Waals surface area (Å²) in [6, 6.07) is 12.2. The number of aliphatic hydroxyl groups excluding tert-OH is 1. The number of hydrogen-bond acceptors (Lipinski definition) is 16. The summed E-state index contributed by atoms with van der Waals surface area (Å²) < 4.78 is 27.1. The zero-order valence-corrected chi connectivity index (χ0v) is 43.1. The van der Waals surface area contributed by atoms with Gasteiger partial charge in [-0.1, -0.05) is 37.3 Å². The van der Waals surface area contributed by atoms with Gasteiger partial charge in [-0.2, -0.15) is 0 Å². The number of pyridine rings is 2. The van der Waals surface area contributed by atoms with E-state index in [4.69, 9.17) is 14.5 Å². The Morgan fingerprint density at radius 3 is 2.31 bits per heavy atom. The summed E-state index contributed by atoms with van der Waals surface area (Å²) in [6.45, 7) is 1.09. The molecule has 2 aromatic carbocycles.